The molecule has 2 N–H and O–H groups in total. The Morgan fingerprint density at radius 1 is 1.15 bits per heavy atom. The largest absolute Gasteiger partial charge is 0.508 e. The lowest BCUT2D eigenvalue weighted by Crippen LogP contribution is -2.20. The molecular formula is C16H16N2O2. The van der Waals surface area contributed by atoms with E-state index in [4.69, 9.17) is 0 Å². The Balaban J connectivity index is 2.13. The molecule has 0 aromatic heterocycles. The summed E-state index contributed by atoms with van der Waals surface area (Å²) in [5, 5.41) is 13.5. The number of nitrogens with one attached hydrogen (secondary N) is 1. The summed E-state index contributed by atoms with van der Waals surface area (Å²) in [6, 6.07) is 14.1. The van der Waals surface area contributed by atoms with E-state index in [-0.39, 0.29) is 11.7 Å². The minimum Gasteiger partial charge on any atom is -0.508 e. The summed E-state index contributed by atoms with van der Waals surface area (Å²) in [6.45, 7) is 3.65. The fraction of sp³-hybridized carbons (Fsp3) is 0.125. The first-order chi connectivity index (χ1) is 9.58. The number of phenols is 1. The van der Waals surface area contributed by atoms with Crippen molar-refractivity contribution in [2.75, 3.05) is 0 Å². The number of carbonyl (C=O) groups is 1. The molecule has 0 saturated heterocycles. The van der Waals surface area contributed by atoms with Gasteiger partial charge in [-0.05, 0) is 37.6 Å². The first-order valence-electron chi connectivity index (χ1n) is 6.27. The molecule has 2 rings (SSSR count). The highest BCUT2D eigenvalue weighted by atomic mass is 16.3. The average molecular weight is 268 g/mol. The summed E-state index contributed by atoms with van der Waals surface area (Å²) < 4.78 is 0. The molecule has 0 radical (unpaired) electrons. The van der Waals surface area contributed by atoms with Crippen molar-refractivity contribution in [3.05, 3.63) is 65.2 Å². The molecule has 4 heteroatoms. The van der Waals surface area contributed by atoms with Gasteiger partial charge in [-0.3, -0.25) is 4.79 Å². The number of hydrogen-bond acceptors (Lipinski definition) is 3. The Kier molecular flexibility index (Phi) is 4.15. The maximum absolute atomic E-state index is 12.0. The minimum atomic E-state index is -0.248. The Morgan fingerprint density at radius 3 is 2.60 bits per heavy atom. The third kappa shape index (κ3) is 3.23. The molecule has 0 spiro atoms. The molecule has 20 heavy (non-hydrogen) atoms. The Labute approximate surface area is 117 Å². The second kappa shape index (κ2) is 6.02. The van der Waals surface area contributed by atoms with Crippen LogP contribution >= 0.6 is 0 Å². The SMILES string of the molecule is C/C(=N/NC(=O)c1ccccc1C)c1cccc(O)c1. The molecule has 2 aromatic carbocycles. The Morgan fingerprint density at radius 2 is 1.90 bits per heavy atom. The van der Waals surface area contributed by atoms with E-state index >= 15 is 0 Å². The van der Waals surface area contributed by atoms with Crippen LogP contribution in [0.25, 0.3) is 0 Å². The van der Waals surface area contributed by atoms with Gasteiger partial charge in [-0.1, -0.05) is 30.3 Å². The van der Waals surface area contributed by atoms with Crippen LogP contribution < -0.4 is 5.43 Å². The number of aromatic hydroxyl groups is 1. The zero-order valence-corrected chi connectivity index (χ0v) is 11.4. The monoisotopic (exact) mass is 268 g/mol. The smallest absolute Gasteiger partial charge is 0.271 e. The molecule has 102 valence electrons. The van der Waals surface area contributed by atoms with Crippen molar-refractivity contribution in [1.82, 2.24) is 5.43 Å². The first-order valence-corrected chi connectivity index (χ1v) is 6.27. The highest BCUT2D eigenvalue weighted by molar-refractivity contribution is 6.01. The van der Waals surface area contributed by atoms with Gasteiger partial charge in [-0.15, -0.1) is 0 Å². The lowest BCUT2D eigenvalue weighted by atomic mass is 10.1. The summed E-state index contributed by atoms with van der Waals surface area (Å²) in [5.74, 6) is -0.0788. The van der Waals surface area contributed by atoms with E-state index < -0.39 is 0 Å². The van der Waals surface area contributed by atoms with Crippen molar-refractivity contribution in [3.8, 4) is 5.75 Å². The zero-order valence-electron chi connectivity index (χ0n) is 11.4. The molecule has 1 amide bonds. The van der Waals surface area contributed by atoms with Crippen molar-refractivity contribution in [3.63, 3.8) is 0 Å². The number of rotatable bonds is 3. The molecule has 2 aromatic rings. The molecular weight excluding hydrogens is 252 g/mol. The van der Waals surface area contributed by atoms with Crippen LogP contribution in [0.3, 0.4) is 0 Å². The maximum Gasteiger partial charge on any atom is 0.271 e. The minimum absolute atomic E-state index is 0.169. The first kappa shape index (κ1) is 13.8. The number of carbonyl (C=O) groups excluding carboxylic acids is 1. The molecule has 0 atom stereocenters. The molecule has 0 unspecified atom stereocenters. The van der Waals surface area contributed by atoms with E-state index in [9.17, 15) is 9.90 Å². The number of amides is 1. The van der Waals surface area contributed by atoms with Gasteiger partial charge < -0.3 is 5.11 Å². The molecule has 0 aliphatic rings. The van der Waals surface area contributed by atoms with E-state index in [0.29, 0.717) is 11.3 Å². The third-order valence-electron chi connectivity index (χ3n) is 2.98. The number of hydrazone groups is 1. The predicted octanol–water partition coefficient (Wildman–Crippen LogP) is 2.85. The second-order valence-corrected chi connectivity index (χ2v) is 4.50. The molecule has 0 bridgehead atoms. The standard InChI is InChI=1S/C16H16N2O2/c1-11-6-3-4-9-15(11)16(20)18-17-12(2)13-7-5-8-14(19)10-13/h3-10,19H,1-2H3,(H,18,20)/b17-12-. The fourth-order valence-electron chi connectivity index (χ4n) is 1.82. The van der Waals surface area contributed by atoms with Crippen LogP contribution in [0.4, 0.5) is 0 Å². The van der Waals surface area contributed by atoms with E-state index in [1.54, 1.807) is 31.2 Å². The molecule has 4 nitrogen and oxygen atoms in total. The molecule has 0 heterocycles. The predicted molar refractivity (Wildman–Crippen MR) is 79.0 cm³/mol. The fourth-order valence-corrected chi connectivity index (χ4v) is 1.82. The molecule has 0 aliphatic heterocycles. The Bertz CT molecular complexity index is 663. The quantitative estimate of drug-likeness (QED) is 0.664. The van der Waals surface area contributed by atoms with Gasteiger partial charge in [-0.2, -0.15) is 5.10 Å². The summed E-state index contributed by atoms with van der Waals surface area (Å²) >= 11 is 0. The van der Waals surface area contributed by atoms with Gasteiger partial charge in [-0.25, -0.2) is 5.43 Å². The highest BCUT2D eigenvalue weighted by Gasteiger charge is 2.07. The molecule has 0 saturated carbocycles. The third-order valence-corrected chi connectivity index (χ3v) is 2.98. The van der Waals surface area contributed by atoms with E-state index in [2.05, 4.69) is 10.5 Å². The van der Waals surface area contributed by atoms with Crippen LogP contribution in [0, 0.1) is 6.92 Å². The summed E-state index contributed by atoms with van der Waals surface area (Å²) in [6.07, 6.45) is 0. The van der Waals surface area contributed by atoms with Gasteiger partial charge in [0.05, 0.1) is 5.71 Å². The number of nitrogens with zero attached hydrogens (tertiary/aromatic N) is 1. The maximum atomic E-state index is 12.0. The van der Waals surface area contributed by atoms with Gasteiger partial charge in [0.15, 0.2) is 0 Å². The number of aryl methyl sites for hydroxylation is 1. The lowest BCUT2D eigenvalue weighted by Gasteiger charge is -2.05. The van der Waals surface area contributed by atoms with Crippen molar-refractivity contribution < 1.29 is 9.90 Å². The average Bonchev–Trinajstić information content (AvgIpc) is 2.45. The van der Waals surface area contributed by atoms with E-state index in [1.807, 2.05) is 31.2 Å². The van der Waals surface area contributed by atoms with Gasteiger partial charge >= 0.3 is 0 Å². The summed E-state index contributed by atoms with van der Waals surface area (Å²) in [4.78, 5) is 12.0. The normalized spacial score (nSPS) is 11.2. The van der Waals surface area contributed by atoms with Crippen LogP contribution in [0.5, 0.6) is 5.75 Å². The topological polar surface area (TPSA) is 61.7 Å². The van der Waals surface area contributed by atoms with Crippen LogP contribution in [-0.4, -0.2) is 16.7 Å². The van der Waals surface area contributed by atoms with Crippen molar-refractivity contribution in [2.45, 2.75) is 13.8 Å². The van der Waals surface area contributed by atoms with Gasteiger partial charge in [0.25, 0.3) is 5.91 Å². The highest BCUT2D eigenvalue weighted by Crippen LogP contribution is 2.11. The van der Waals surface area contributed by atoms with Gasteiger partial charge in [0, 0.05) is 11.1 Å². The Hall–Kier alpha value is -2.62. The van der Waals surface area contributed by atoms with Crippen molar-refractivity contribution >= 4 is 11.6 Å². The summed E-state index contributed by atoms with van der Waals surface area (Å²) in [7, 11) is 0. The number of phenolic OH excluding ortho intramolecular Hbond substituents is 1. The van der Waals surface area contributed by atoms with E-state index in [0.717, 1.165) is 11.1 Å². The van der Waals surface area contributed by atoms with Crippen molar-refractivity contribution in [1.29, 1.82) is 0 Å². The van der Waals surface area contributed by atoms with Crippen molar-refractivity contribution in [2.24, 2.45) is 5.10 Å². The zero-order chi connectivity index (χ0) is 14.5. The molecule has 0 fully saturated rings. The number of benzene rings is 2. The lowest BCUT2D eigenvalue weighted by molar-refractivity contribution is 0.0954. The number of hydrogen-bond donors (Lipinski definition) is 2. The molecule has 0 aliphatic carbocycles. The van der Waals surface area contributed by atoms with Gasteiger partial charge in [0.2, 0.25) is 0 Å². The van der Waals surface area contributed by atoms with Gasteiger partial charge in [0.1, 0.15) is 5.75 Å². The van der Waals surface area contributed by atoms with Crippen LogP contribution in [0.15, 0.2) is 53.6 Å². The van der Waals surface area contributed by atoms with Crippen LogP contribution in [0.1, 0.15) is 28.4 Å². The van der Waals surface area contributed by atoms with Crippen LogP contribution in [-0.2, 0) is 0 Å². The van der Waals surface area contributed by atoms with Crippen LogP contribution in [0.2, 0.25) is 0 Å². The summed E-state index contributed by atoms with van der Waals surface area (Å²) in [5.41, 5.74) is 5.41. The van der Waals surface area contributed by atoms with E-state index in [1.165, 1.54) is 0 Å². The second-order valence-electron chi connectivity index (χ2n) is 4.50.